The molecule has 0 unspecified atom stereocenters. The Labute approximate surface area is 90.3 Å². The Hall–Kier alpha value is -0.540. The van der Waals surface area contributed by atoms with Gasteiger partial charge in [0.15, 0.2) is 0 Å². The van der Waals surface area contributed by atoms with Gasteiger partial charge < -0.3 is 5.73 Å². The van der Waals surface area contributed by atoms with Gasteiger partial charge in [-0.15, -0.1) is 11.8 Å². The SMILES string of the molecule is C[C@H](N)c1ccc(SC(C)(C)C)nc1. The summed E-state index contributed by atoms with van der Waals surface area (Å²) in [5.41, 5.74) is 6.83. The summed E-state index contributed by atoms with van der Waals surface area (Å²) in [4.78, 5) is 4.37. The first-order valence-corrected chi connectivity index (χ1v) is 5.61. The van der Waals surface area contributed by atoms with Gasteiger partial charge in [-0.1, -0.05) is 26.8 Å². The number of aromatic nitrogens is 1. The van der Waals surface area contributed by atoms with Crippen LogP contribution in [0.1, 0.15) is 39.3 Å². The minimum absolute atomic E-state index is 0.0659. The summed E-state index contributed by atoms with van der Waals surface area (Å²) in [5.74, 6) is 0. The normalized spacial score (nSPS) is 14.1. The minimum Gasteiger partial charge on any atom is -0.324 e. The molecule has 3 heteroatoms. The van der Waals surface area contributed by atoms with E-state index >= 15 is 0 Å². The molecule has 0 saturated carbocycles. The number of nitrogens with zero attached hydrogens (tertiary/aromatic N) is 1. The summed E-state index contributed by atoms with van der Waals surface area (Å²) in [6, 6.07) is 4.15. The van der Waals surface area contributed by atoms with Crippen molar-refractivity contribution in [3.63, 3.8) is 0 Å². The van der Waals surface area contributed by atoms with Crippen molar-refractivity contribution in [1.29, 1.82) is 0 Å². The molecule has 0 amide bonds. The Balaban J connectivity index is 2.74. The summed E-state index contributed by atoms with van der Waals surface area (Å²) >= 11 is 1.77. The first-order chi connectivity index (χ1) is 6.38. The van der Waals surface area contributed by atoms with Crippen LogP contribution in [0.2, 0.25) is 0 Å². The zero-order chi connectivity index (χ0) is 10.8. The van der Waals surface area contributed by atoms with E-state index in [1.165, 1.54) is 0 Å². The average Bonchev–Trinajstić information content (AvgIpc) is 2.02. The lowest BCUT2D eigenvalue weighted by molar-refractivity contribution is 0.792. The van der Waals surface area contributed by atoms with Crippen LogP contribution < -0.4 is 5.73 Å². The van der Waals surface area contributed by atoms with E-state index < -0.39 is 0 Å². The topological polar surface area (TPSA) is 38.9 Å². The molecule has 14 heavy (non-hydrogen) atoms. The number of thioether (sulfide) groups is 1. The van der Waals surface area contributed by atoms with Crippen LogP contribution >= 0.6 is 11.8 Å². The number of hydrogen-bond acceptors (Lipinski definition) is 3. The van der Waals surface area contributed by atoms with Gasteiger partial charge in [0.2, 0.25) is 0 Å². The van der Waals surface area contributed by atoms with Gasteiger partial charge in [0.05, 0.1) is 5.03 Å². The monoisotopic (exact) mass is 210 g/mol. The second kappa shape index (κ2) is 4.32. The fourth-order valence-corrected chi connectivity index (χ4v) is 1.90. The molecule has 1 aromatic rings. The highest BCUT2D eigenvalue weighted by atomic mass is 32.2. The van der Waals surface area contributed by atoms with E-state index in [2.05, 4.69) is 25.8 Å². The number of rotatable bonds is 2. The molecule has 0 aromatic carbocycles. The van der Waals surface area contributed by atoms with Crippen molar-refractivity contribution in [2.45, 2.75) is 43.5 Å². The van der Waals surface area contributed by atoms with Crippen LogP contribution in [-0.4, -0.2) is 9.73 Å². The Morgan fingerprint density at radius 2 is 2.00 bits per heavy atom. The summed E-state index contributed by atoms with van der Waals surface area (Å²) < 4.78 is 0.211. The van der Waals surface area contributed by atoms with E-state index in [-0.39, 0.29) is 10.8 Å². The molecule has 0 spiro atoms. The Bertz CT molecular complexity index is 285. The third kappa shape index (κ3) is 3.68. The molecule has 0 fully saturated rings. The van der Waals surface area contributed by atoms with Crippen LogP contribution in [0.15, 0.2) is 23.4 Å². The van der Waals surface area contributed by atoms with Crippen molar-refractivity contribution in [1.82, 2.24) is 4.98 Å². The van der Waals surface area contributed by atoms with Gasteiger partial charge in [0, 0.05) is 17.0 Å². The lowest BCUT2D eigenvalue weighted by atomic mass is 10.2. The van der Waals surface area contributed by atoms with E-state index in [0.717, 1.165) is 10.6 Å². The van der Waals surface area contributed by atoms with Crippen molar-refractivity contribution >= 4 is 11.8 Å². The number of hydrogen-bond donors (Lipinski definition) is 1. The smallest absolute Gasteiger partial charge is 0.0965 e. The Morgan fingerprint density at radius 3 is 2.36 bits per heavy atom. The van der Waals surface area contributed by atoms with Gasteiger partial charge in [-0.25, -0.2) is 4.98 Å². The van der Waals surface area contributed by atoms with E-state index in [1.54, 1.807) is 11.8 Å². The van der Waals surface area contributed by atoms with Crippen LogP contribution in [0.3, 0.4) is 0 Å². The summed E-state index contributed by atoms with van der Waals surface area (Å²) in [6.07, 6.45) is 1.86. The lowest BCUT2D eigenvalue weighted by Gasteiger charge is -2.16. The van der Waals surface area contributed by atoms with E-state index in [9.17, 15) is 0 Å². The Morgan fingerprint density at radius 1 is 1.36 bits per heavy atom. The standard InChI is InChI=1S/C11H18N2S/c1-8(12)9-5-6-10(13-7-9)14-11(2,3)4/h5-8H,12H2,1-4H3/t8-/m0/s1. The molecule has 1 rings (SSSR count). The molecule has 2 nitrogen and oxygen atoms in total. The fourth-order valence-electron chi connectivity index (χ4n) is 1.04. The maximum Gasteiger partial charge on any atom is 0.0965 e. The number of nitrogens with two attached hydrogens (primary N) is 1. The third-order valence-electron chi connectivity index (χ3n) is 1.70. The highest BCUT2D eigenvalue weighted by Crippen LogP contribution is 2.30. The lowest BCUT2D eigenvalue weighted by Crippen LogP contribution is -2.08. The van der Waals surface area contributed by atoms with Gasteiger partial charge in [-0.2, -0.15) is 0 Å². The quantitative estimate of drug-likeness (QED) is 0.763. The van der Waals surface area contributed by atoms with Crippen LogP contribution in [-0.2, 0) is 0 Å². The second-order valence-corrected chi connectivity index (χ2v) is 6.28. The molecule has 1 heterocycles. The van der Waals surface area contributed by atoms with Crippen molar-refractivity contribution in [3.8, 4) is 0 Å². The van der Waals surface area contributed by atoms with Crippen molar-refractivity contribution in [3.05, 3.63) is 23.9 Å². The van der Waals surface area contributed by atoms with Crippen LogP contribution in [0.4, 0.5) is 0 Å². The van der Waals surface area contributed by atoms with E-state index in [1.807, 2.05) is 25.3 Å². The first-order valence-electron chi connectivity index (χ1n) is 4.79. The molecule has 1 aromatic heterocycles. The van der Waals surface area contributed by atoms with Gasteiger partial charge in [0.25, 0.3) is 0 Å². The van der Waals surface area contributed by atoms with Crippen molar-refractivity contribution in [2.75, 3.05) is 0 Å². The molecule has 1 atom stereocenters. The van der Waals surface area contributed by atoms with E-state index in [4.69, 9.17) is 5.73 Å². The van der Waals surface area contributed by atoms with Gasteiger partial charge in [-0.3, -0.25) is 0 Å². The molecule has 2 N–H and O–H groups in total. The van der Waals surface area contributed by atoms with Crippen molar-refractivity contribution in [2.24, 2.45) is 5.73 Å². The predicted octanol–water partition coefficient (Wildman–Crippen LogP) is 2.99. The van der Waals surface area contributed by atoms with E-state index in [0.29, 0.717) is 0 Å². The van der Waals surface area contributed by atoms with Crippen LogP contribution in [0, 0.1) is 0 Å². The highest BCUT2D eigenvalue weighted by Gasteiger charge is 2.12. The van der Waals surface area contributed by atoms with Gasteiger partial charge >= 0.3 is 0 Å². The summed E-state index contributed by atoms with van der Waals surface area (Å²) in [6.45, 7) is 8.50. The van der Waals surface area contributed by atoms with Crippen LogP contribution in [0.5, 0.6) is 0 Å². The molecule has 0 bridgehead atoms. The average molecular weight is 210 g/mol. The zero-order valence-electron chi connectivity index (χ0n) is 9.24. The number of pyridine rings is 1. The predicted molar refractivity (Wildman–Crippen MR) is 62.4 cm³/mol. The maximum absolute atomic E-state index is 5.74. The molecule has 0 saturated heterocycles. The third-order valence-corrected chi connectivity index (χ3v) is 2.76. The Kier molecular flexibility index (Phi) is 3.56. The van der Waals surface area contributed by atoms with Gasteiger partial charge in [-0.05, 0) is 18.6 Å². The minimum atomic E-state index is 0.0659. The molecular weight excluding hydrogens is 192 g/mol. The molecule has 0 aliphatic heterocycles. The second-order valence-electron chi connectivity index (χ2n) is 4.43. The van der Waals surface area contributed by atoms with Gasteiger partial charge in [0.1, 0.15) is 0 Å². The summed E-state index contributed by atoms with van der Waals surface area (Å²) in [7, 11) is 0. The zero-order valence-corrected chi connectivity index (χ0v) is 10.1. The molecular formula is C11H18N2S. The van der Waals surface area contributed by atoms with Crippen molar-refractivity contribution < 1.29 is 0 Å². The molecule has 0 aliphatic rings. The highest BCUT2D eigenvalue weighted by molar-refractivity contribution is 8.00. The fraction of sp³-hybridized carbons (Fsp3) is 0.545. The first kappa shape index (κ1) is 11.5. The van der Waals surface area contributed by atoms with Crippen LogP contribution in [0.25, 0.3) is 0 Å². The maximum atomic E-state index is 5.74. The summed E-state index contributed by atoms with van der Waals surface area (Å²) in [5, 5.41) is 1.06. The largest absolute Gasteiger partial charge is 0.324 e. The molecule has 0 radical (unpaired) electrons. The molecule has 78 valence electrons. The molecule has 0 aliphatic carbocycles.